The summed E-state index contributed by atoms with van der Waals surface area (Å²) in [5.41, 5.74) is 8.74. The van der Waals surface area contributed by atoms with Crippen LogP contribution >= 0.6 is 34.4 Å². The molecule has 0 unspecified atom stereocenters. The van der Waals surface area contributed by atoms with Crippen LogP contribution in [0.3, 0.4) is 0 Å². The van der Waals surface area contributed by atoms with Crippen LogP contribution in [0, 0.1) is 0 Å². The Kier molecular flexibility index (Phi) is 5.67. The summed E-state index contributed by atoms with van der Waals surface area (Å²) in [6, 6.07) is 8.30. The van der Waals surface area contributed by atoms with Gasteiger partial charge in [0.1, 0.15) is 0 Å². The highest BCUT2D eigenvalue weighted by molar-refractivity contribution is 8.02. The zero-order valence-electron chi connectivity index (χ0n) is 13.7. The number of nitrogens with zero attached hydrogens (tertiary/aromatic N) is 3. The Morgan fingerprint density at radius 3 is 2.72 bits per heavy atom. The normalized spacial score (nSPS) is 12.1. The van der Waals surface area contributed by atoms with Crippen molar-refractivity contribution in [2.24, 2.45) is 0 Å². The van der Waals surface area contributed by atoms with Crippen molar-refractivity contribution >= 4 is 50.6 Å². The van der Waals surface area contributed by atoms with Crippen molar-refractivity contribution in [1.82, 2.24) is 15.2 Å². The second-order valence-electron chi connectivity index (χ2n) is 5.24. The van der Waals surface area contributed by atoms with Gasteiger partial charge in [0.2, 0.25) is 11.0 Å². The van der Waals surface area contributed by atoms with E-state index >= 15 is 0 Å². The zero-order valence-corrected chi connectivity index (χ0v) is 16.2. The van der Waals surface area contributed by atoms with Crippen molar-refractivity contribution in [3.8, 4) is 11.3 Å². The van der Waals surface area contributed by atoms with E-state index in [1.807, 2.05) is 12.3 Å². The third kappa shape index (κ3) is 4.56. The second kappa shape index (κ2) is 7.94. The van der Waals surface area contributed by atoms with Gasteiger partial charge in [-0.05, 0) is 18.9 Å². The molecule has 0 aliphatic heterocycles. The summed E-state index contributed by atoms with van der Waals surface area (Å²) >= 11 is 4.01. The number of nitrogens with two attached hydrogens (primary N) is 1. The molecule has 0 spiro atoms. The van der Waals surface area contributed by atoms with Gasteiger partial charge in [0.15, 0.2) is 9.47 Å². The first-order chi connectivity index (χ1) is 12.0. The molecule has 3 N–H and O–H groups in total. The summed E-state index contributed by atoms with van der Waals surface area (Å²) in [6.45, 7) is 3.94. The summed E-state index contributed by atoms with van der Waals surface area (Å²) in [7, 11) is 0. The Morgan fingerprint density at radius 1 is 1.32 bits per heavy atom. The number of anilines is 2. The predicted molar refractivity (Wildman–Crippen MR) is 105 cm³/mol. The number of thiazole rings is 1. The van der Waals surface area contributed by atoms with Crippen LogP contribution in [0.15, 0.2) is 34.0 Å². The van der Waals surface area contributed by atoms with Crippen LogP contribution in [-0.4, -0.2) is 26.3 Å². The average molecular weight is 392 g/mol. The minimum absolute atomic E-state index is 0.124. The molecule has 0 saturated carbocycles. The van der Waals surface area contributed by atoms with Gasteiger partial charge in [-0.25, -0.2) is 4.98 Å². The molecule has 2 aromatic heterocycles. The van der Waals surface area contributed by atoms with Gasteiger partial charge in [-0.2, -0.15) is 0 Å². The van der Waals surface area contributed by atoms with Crippen molar-refractivity contribution < 1.29 is 4.79 Å². The number of rotatable bonds is 6. The molecule has 1 amide bonds. The lowest BCUT2D eigenvalue weighted by Crippen LogP contribution is -2.22. The van der Waals surface area contributed by atoms with Gasteiger partial charge in [0.05, 0.1) is 10.9 Å². The predicted octanol–water partition coefficient (Wildman–Crippen LogP) is 3.93. The highest BCUT2D eigenvalue weighted by Gasteiger charge is 2.18. The number of hydrogen-bond acceptors (Lipinski definition) is 8. The number of aromatic nitrogens is 3. The first-order valence-corrected chi connectivity index (χ1v) is 10.2. The third-order valence-electron chi connectivity index (χ3n) is 3.46. The molecule has 1 atom stereocenters. The molecule has 130 valence electrons. The van der Waals surface area contributed by atoms with Gasteiger partial charge in [-0.3, -0.25) is 4.79 Å². The average Bonchev–Trinajstić information content (AvgIpc) is 3.24. The van der Waals surface area contributed by atoms with Gasteiger partial charge in [0, 0.05) is 10.9 Å². The first kappa shape index (κ1) is 17.8. The zero-order chi connectivity index (χ0) is 17.8. The topological polar surface area (TPSA) is 93.8 Å². The van der Waals surface area contributed by atoms with Gasteiger partial charge in [0.25, 0.3) is 0 Å². The number of nitrogens with one attached hydrogen (secondary N) is 1. The largest absolute Gasteiger partial charge is 0.374 e. The lowest BCUT2D eigenvalue weighted by molar-refractivity contribution is -0.115. The minimum Gasteiger partial charge on any atom is -0.374 e. The van der Waals surface area contributed by atoms with Crippen LogP contribution in [0.25, 0.3) is 11.3 Å². The smallest absolute Gasteiger partial charge is 0.239 e. The van der Waals surface area contributed by atoms with Gasteiger partial charge >= 0.3 is 0 Å². The Hall–Kier alpha value is -1.97. The molecule has 0 saturated heterocycles. The Bertz CT molecular complexity index is 859. The highest BCUT2D eigenvalue weighted by atomic mass is 32.2. The van der Waals surface area contributed by atoms with Crippen LogP contribution in [0.5, 0.6) is 0 Å². The molecule has 3 aromatic rings. The molecular weight excluding hydrogens is 374 g/mol. The van der Waals surface area contributed by atoms with Crippen molar-refractivity contribution in [1.29, 1.82) is 0 Å². The van der Waals surface area contributed by atoms with Crippen LogP contribution in [0.1, 0.15) is 19.4 Å². The summed E-state index contributed by atoms with van der Waals surface area (Å²) in [4.78, 5) is 16.8. The van der Waals surface area contributed by atoms with Crippen LogP contribution in [-0.2, 0) is 11.2 Å². The number of amides is 1. The standard InChI is InChI=1S/C16H17N5OS3/c1-3-10-4-6-11(7-5-10)12-8-23-15(18-12)19-13(22)9(2)24-16-21-20-14(17)25-16/h4-9H,3H2,1-2H3,(H2,17,20)(H,18,19,22)/t9-/m0/s1. The SMILES string of the molecule is CCc1ccc(-c2csc(NC(=O)[C@H](C)Sc3nnc(N)s3)n2)cc1. The summed E-state index contributed by atoms with van der Waals surface area (Å²) in [5.74, 6) is -0.124. The summed E-state index contributed by atoms with van der Waals surface area (Å²) in [5, 5.41) is 13.1. The monoisotopic (exact) mass is 391 g/mol. The first-order valence-electron chi connectivity index (χ1n) is 7.66. The van der Waals surface area contributed by atoms with Gasteiger partial charge < -0.3 is 11.1 Å². The van der Waals surface area contributed by atoms with E-state index in [1.54, 1.807) is 0 Å². The number of hydrogen-bond donors (Lipinski definition) is 2. The molecule has 1 aromatic carbocycles. The van der Waals surface area contributed by atoms with E-state index in [0.717, 1.165) is 17.7 Å². The molecule has 2 heterocycles. The number of carbonyl (C=O) groups is 1. The van der Waals surface area contributed by atoms with Crippen molar-refractivity contribution in [3.63, 3.8) is 0 Å². The molecular formula is C16H17N5OS3. The van der Waals surface area contributed by atoms with Crippen molar-refractivity contribution in [2.75, 3.05) is 11.1 Å². The molecule has 0 aliphatic carbocycles. The van der Waals surface area contributed by atoms with Crippen LogP contribution < -0.4 is 11.1 Å². The van der Waals surface area contributed by atoms with Crippen LogP contribution in [0.4, 0.5) is 10.3 Å². The maximum absolute atomic E-state index is 12.3. The lowest BCUT2D eigenvalue weighted by Gasteiger charge is -2.07. The van der Waals surface area contributed by atoms with E-state index in [0.29, 0.717) is 14.6 Å². The van der Waals surface area contributed by atoms with E-state index in [4.69, 9.17) is 5.73 Å². The van der Waals surface area contributed by atoms with E-state index in [2.05, 4.69) is 51.7 Å². The maximum atomic E-state index is 12.3. The fourth-order valence-corrected chi connectivity index (χ4v) is 4.56. The maximum Gasteiger partial charge on any atom is 0.239 e. The number of benzene rings is 1. The third-order valence-corrected chi connectivity index (χ3v) is 6.16. The number of thioether (sulfide) groups is 1. The Labute approximate surface area is 157 Å². The molecule has 0 radical (unpaired) electrons. The van der Waals surface area contributed by atoms with Crippen molar-refractivity contribution in [3.05, 3.63) is 35.2 Å². The Balaban J connectivity index is 1.62. The molecule has 9 heteroatoms. The van der Waals surface area contributed by atoms with E-state index in [9.17, 15) is 4.79 Å². The van der Waals surface area contributed by atoms with Gasteiger partial charge in [-0.15, -0.1) is 21.5 Å². The molecule has 0 fully saturated rings. The number of carbonyl (C=O) groups excluding carboxylic acids is 1. The quantitative estimate of drug-likeness (QED) is 0.619. The fourth-order valence-electron chi connectivity index (χ4n) is 2.05. The second-order valence-corrected chi connectivity index (χ2v) is 8.70. The minimum atomic E-state index is -0.316. The molecule has 3 rings (SSSR count). The summed E-state index contributed by atoms with van der Waals surface area (Å²) < 4.78 is 0.677. The number of aryl methyl sites for hydroxylation is 1. The molecule has 25 heavy (non-hydrogen) atoms. The Morgan fingerprint density at radius 2 is 2.08 bits per heavy atom. The molecule has 6 nitrogen and oxygen atoms in total. The molecule has 0 aliphatic rings. The van der Waals surface area contributed by atoms with Gasteiger partial charge in [-0.1, -0.05) is 54.3 Å². The summed E-state index contributed by atoms with van der Waals surface area (Å²) in [6.07, 6.45) is 1.01. The van der Waals surface area contributed by atoms with Crippen molar-refractivity contribution in [2.45, 2.75) is 29.9 Å². The number of nitrogen functional groups attached to an aromatic ring is 1. The van der Waals surface area contributed by atoms with E-state index in [-0.39, 0.29) is 11.2 Å². The lowest BCUT2D eigenvalue weighted by atomic mass is 10.1. The molecule has 0 bridgehead atoms. The van der Waals surface area contributed by atoms with Crippen LogP contribution in [0.2, 0.25) is 0 Å². The highest BCUT2D eigenvalue weighted by Crippen LogP contribution is 2.29. The van der Waals surface area contributed by atoms with E-state index < -0.39 is 0 Å². The van der Waals surface area contributed by atoms with E-state index in [1.165, 1.54) is 40.0 Å². The fraction of sp³-hybridized carbons (Fsp3) is 0.250.